The molecule has 1 aliphatic rings. The molecular formula is C17H13ClN2O2. The number of halogens is 1. The first-order valence-electron chi connectivity index (χ1n) is 6.89. The lowest BCUT2D eigenvalue weighted by Crippen LogP contribution is -2.38. The number of benzene rings is 1. The number of carbonyl (C=O) groups excluding carboxylic acids is 2. The number of pyridine rings is 1. The molecule has 0 N–H and O–H groups in total. The summed E-state index contributed by atoms with van der Waals surface area (Å²) in [5.41, 5.74) is 1.77. The van der Waals surface area contributed by atoms with Crippen LogP contribution < -0.4 is 0 Å². The summed E-state index contributed by atoms with van der Waals surface area (Å²) in [5, 5.41) is 1.10. The number of carbonyl (C=O) groups is 2. The molecule has 0 unspecified atom stereocenters. The minimum Gasteiger partial charge on any atom is -0.274 e. The molecule has 22 heavy (non-hydrogen) atoms. The van der Waals surface area contributed by atoms with Gasteiger partial charge in [-0.25, -0.2) is 0 Å². The number of nitrogens with zero attached hydrogens (tertiary/aromatic N) is 2. The number of aromatic nitrogens is 1. The van der Waals surface area contributed by atoms with Crippen molar-refractivity contribution in [1.82, 2.24) is 9.88 Å². The Hall–Kier alpha value is -2.46. The molecule has 1 aromatic carbocycles. The number of hydrogen-bond donors (Lipinski definition) is 0. The second kappa shape index (κ2) is 6.12. The van der Waals surface area contributed by atoms with Gasteiger partial charge in [-0.15, -0.1) is 0 Å². The first kappa shape index (κ1) is 14.5. The summed E-state index contributed by atoms with van der Waals surface area (Å²) in [6.45, 7) is 0.361. The molecule has 4 nitrogen and oxygen atoms in total. The van der Waals surface area contributed by atoms with Gasteiger partial charge in [-0.2, -0.15) is 0 Å². The van der Waals surface area contributed by atoms with Crippen molar-refractivity contribution in [1.29, 1.82) is 0 Å². The topological polar surface area (TPSA) is 50.3 Å². The van der Waals surface area contributed by atoms with Gasteiger partial charge in [-0.3, -0.25) is 19.5 Å². The number of imide groups is 1. The molecule has 0 spiro atoms. The smallest absolute Gasteiger partial charge is 0.271 e. The Labute approximate surface area is 132 Å². The van der Waals surface area contributed by atoms with E-state index >= 15 is 0 Å². The van der Waals surface area contributed by atoms with Crippen LogP contribution in [-0.2, 0) is 9.59 Å². The highest BCUT2D eigenvalue weighted by molar-refractivity contribution is 6.43. The Morgan fingerprint density at radius 3 is 3.05 bits per heavy atom. The standard InChI is InChI=1S/C17H13ClN2O2/c18-14-4-2-10-20(17(14)22)16(21)8-6-12-5-7-15-13(11-12)3-1-9-19-15/h1,3-9,11H,2,10H2/b8-6+. The third-order valence-electron chi connectivity index (χ3n) is 3.44. The van der Waals surface area contributed by atoms with Crippen molar-refractivity contribution in [3.05, 3.63) is 59.3 Å². The molecule has 5 heteroatoms. The molecule has 2 aromatic rings. The van der Waals surface area contributed by atoms with Crippen molar-refractivity contribution in [2.75, 3.05) is 6.54 Å². The van der Waals surface area contributed by atoms with Gasteiger partial charge in [-0.05, 0) is 36.3 Å². The van der Waals surface area contributed by atoms with Gasteiger partial charge in [0, 0.05) is 24.2 Å². The number of fused-ring (bicyclic) bond motifs is 1. The Kier molecular flexibility index (Phi) is 4.02. The average Bonchev–Trinajstić information content (AvgIpc) is 2.55. The van der Waals surface area contributed by atoms with Crippen LogP contribution in [0.25, 0.3) is 17.0 Å². The summed E-state index contributed by atoms with van der Waals surface area (Å²) < 4.78 is 0. The van der Waals surface area contributed by atoms with Gasteiger partial charge in [0.2, 0.25) is 0 Å². The lowest BCUT2D eigenvalue weighted by atomic mass is 10.1. The highest BCUT2D eigenvalue weighted by atomic mass is 35.5. The molecule has 3 rings (SSSR count). The highest BCUT2D eigenvalue weighted by Gasteiger charge is 2.24. The van der Waals surface area contributed by atoms with E-state index in [1.807, 2.05) is 30.3 Å². The van der Waals surface area contributed by atoms with Gasteiger partial charge in [0.05, 0.1) is 5.52 Å². The molecule has 1 aromatic heterocycles. The summed E-state index contributed by atoms with van der Waals surface area (Å²) in [6, 6.07) is 9.54. The predicted molar refractivity (Wildman–Crippen MR) is 86.1 cm³/mol. The molecule has 0 saturated heterocycles. The van der Waals surface area contributed by atoms with Crippen LogP contribution in [0, 0.1) is 0 Å². The Bertz CT molecular complexity index is 811. The van der Waals surface area contributed by atoms with E-state index in [9.17, 15) is 9.59 Å². The Morgan fingerprint density at radius 2 is 2.18 bits per heavy atom. The third-order valence-corrected chi connectivity index (χ3v) is 3.75. The van der Waals surface area contributed by atoms with E-state index in [0.717, 1.165) is 21.4 Å². The highest BCUT2D eigenvalue weighted by Crippen LogP contribution is 2.17. The fraction of sp³-hybridized carbons (Fsp3) is 0.118. The van der Waals surface area contributed by atoms with Gasteiger partial charge < -0.3 is 0 Å². The van der Waals surface area contributed by atoms with E-state index in [1.54, 1.807) is 18.3 Å². The van der Waals surface area contributed by atoms with Crippen LogP contribution in [0.15, 0.2) is 53.7 Å². The first-order valence-corrected chi connectivity index (χ1v) is 7.27. The summed E-state index contributed by atoms with van der Waals surface area (Å²) in [4.78, 5) is 29.3. The van der Waals surface area contributed by atoms with E-state index in [0.29, 0.717) is 13.0 Å². The first-order chi connectivity index (χ1) is 10.6. The molecule has 0 fully saturated rings. The fourth-order valence-electron chi connectivity index (χ4n) is 2.30. The predicted octanol–water partition coefficient (Wildman–Crippen LogP) is 3.13. The fourth-order valence-corrected chi connectivity index (χ4v) is 2.51. The van der Waals surface area contributed by atoms with E-state index < -0.39 is 5.91 Å². The monoisotopic (exact) mass is 312 g/mol. The molecule has 2 heterocycles. The van der Waals surface area contributed by atoms with Crippen molar-refractivity contribution in [3.8, 4) is 0 Å². The SMILES string of the molecule is O=C(/C=C/c1ccc2ncccc2c1)N1CCC=C(Cl)C1=O. The number of amides is 2. The van der Waals surface area contributed by atoms with Crippen LogP contribution >= 0.6 is 11.6 Å². The lowest BCUT2D eigenvalue weighted by Gasteiger charge is -2.21. The van der Waals surface area contributed by atoms with E-state index in [1.165, 1.54) is 6.08 Å². The van der Waals surface area contributed by atoms with Gasteiger partial charge in [0.1, 0.15) is 5.03 Å². The van der Waals surface area contributed by atoms with Gasteiger partial charge >= 0.3 is 0 Å². The summed E-state index contributed by atoms with van der Waals surface area (Å²) in [5.74, 6) is -0.798. The van der Waals surface area contributed by atoms with E-state index in [4.69, 9.17) is 11.6 Å². The molecule has 0 atom stereocenters. The minimum atomic E-state index is -0.440. The van der Waals surface area contributed by atoms with E-state index in [2.05, 4.69) is 4.98 Å². The Morgan fingerprint density at radius 1 is 1.32 bits per heavy atom. The largest absolute Gasteiger partial charge is 0.274 e. The molecular weight excluding hydrogens is 300 g/mol. The summed E-state index contributed by atoms with van der Waals surface area (Å²) in [6.07, 6.45) is 7.04. The van der Waals surface area contributed by atoms with Crippen molar-refractivity contribution < 1.29 is 9.59 Å². The molecule has 0 aliphatic carbocycles. The van der Waals surface area contributed by atoms with Crippen molar-refractivity contribution in [2.24, 2.45) is 0 Å². The van der Waals surface area contributed by atoms with Crippen molar-refractivity contribution in [3.63, 3.8) is 0 Å². The zero-order chi connectivity index (χ0) is 15.5. The number of rotatable bonds is 2. The maximum atomic E-state index is 12.1. The molecule has 110 valence electrons. The van der Waals surface area contributed by atoms with Crippen LogP contribution in [0.1, 0.15) is 12.0 Å². The summed E-state index contributed by atoms with van der Waals surface area (Å²) in [7, 11) is 0. The molecule has 1 aliphatic heterocycles. The van der Waals surface area contributed by atoms with Crippen LogP contribution in [0.5, 0.6) is 0 Å². The van der Waals surface area contributed by atoms with Crippen molar-refractivity contribution in [2.45, 2.75) is 6.42 Å². The zero-order valence-corrected chi connectivity index (χ0v) is 12.5. The summed E-state index contributed by atoms with van der Waals surface area (Å²) >= 11 is 5.78. The van der Waals surface area contributed by atoms with Gasteiger partial charge in [-0.1, -0.05) is 29.8 Å². The normalized spacial score (nSPS) is 15.4. The quantitative estimate of drug-likeness (QED) is 0.801. The second-order valence-corrected chi connectivity index (χ2v) is 5.33. The van der Waals surface area contributed by atoms with Gasteiger partial charge in [0.15, 0.2) is 0 Å². The third kappa shape index (κ3) is 2.92. The molecule has 0 radical (unpaired) electrons. The maximum absolute atomic E-state index is 12.1. The van der Waals surface area contributed by atoms with E-state index in [-0.39, 0.29) is 10.9 Å². The average molecular weight is 313 g/mol. The lowest BCUT2D eigenvalue weighted by molar-refractivity contribution is -0.139. The van der Waals surface area contributed by atoms with Gasteiger partial charge in [0.25, 0.3) is 11.8 Å². The van der Waals surface area contributed by atoms with Crippen LogP contribution in [-0.4, -0.2) is 28.2 Å². The molecule has 2 amide bonds. The zero-order valence-electron chi connectivity index (χ0n) is 11.7. The molecule has 0 bridgehead atoms. The Balaban J connectivity index is 1.79. The van der Waals surface area contributed by atoms with Crippen LogP contribution in [0.4, 0.5) is 0 Å². The second-order valence-electron chi connectivity index (χ2n) is 4.92. The van der Waals surface area contributed by atoms with Crippen LogP contribution in [0.3, 0.4) is 0 Å². The maximum Gasteiger partial charge on any atom is 0.271 e. The number of hydrogen-bond acceptors (Lipinski definition) is 3. The molecule has 0 saturated carbocycles. The van der Waals surface area contributed by atoms with Crippen molar-refractivity contribution >= 4 is 40.4 Å². The van der Waals surface area contributed by atoms with Crippen LogP contribution in [0.2, 0.25) is 0 Å². The minimum absolute atomic E-state index is 0.102.